The van der Waals surface area contributed by atoms with E-state index in [0.717, 1.165) is 16.1 Å². The van der Waals surface area contributed by atoms with Gasteiger partial charge in [-0.2, -0.15) is 0 Å². The molecule has 0 unspecified atom stereocenters. The quantitative estimate of drug-likeness (QED) is 0.742. The molecule has 0 amide bonds. The maximum absolute atomic E-state index is 5.96. The molecule has 1 aromatic heterocycles. The lowest BCUT2D eigenvalue weighted by molar-refractivity contribution is 0.968. The predicted molar refractivity (Wildman–Crippen MR) is 55.8 cm³/mol. The van der Waals surface area contributed by atoms with Gasteiger partial charge >= 0.3 is 0 Å². The molecule has 0 atom stereocenters. The predicted octanol–water partition coefficient (Wildman–Crippen LogP) is 2.29. The Kier molecular flexibility index (Phi) is 2.02. The molecule has 2 rings (SSSR count). The molecule has 0 aliphatic carbocycles. The summed E-state index contributed by atoms with van der Waals surface area (Å²) in [5.41, 5.74) is 7.86. The summed E-state index contributed by atoms with van der Waals surface area (Å²) < 4.78 is 2.04. The number of halogens is 1. The van der Waals surface area contributed by atoms with E-state index in [-0.39, 0.29) is 0 Å². The monoisotopic (exact) mass is 194 g/mol. The van der Waals surface area contributed by atoms with Crippen molar-refractivity contribution >= 4 is 22.5 Å². The Balaban J connectivity index is 2.84. The van der Waals surface area contributed by atoms with Crippen molar-refractivity contribution < 1.29 is 0 Å². The first-order chi connectivity index (χ1) is 6.22. The van der Waals surface area contributed by atoms with Crippen molar-refractivity contribution in [3.8, 4) is 0 Å². The number of hydrogen-bond donors (Lipinski definition) is 1. The summed E-state index contributed by atoms with van der Waals surface area (Å²) in [4.78, 5) is 0. The first kappa shape index (κ1) is 8.60. The third kappa shape index (κ3) is 1.32. The van der Waals surface area contributed by atoms with Crippen molar-refractivity contribution in [2.24, 2.45) is 12.8 Å². The van der Waals surface area contributed by atoms with Gasteiger partial charge in [-0.1, -0.05) is 11.6 Å². The van der Waals surface area contributed by atoms with Gasteiger partial charge in [-0.3, -0.25) is 0 Å². The molecule has 2 nitrogen and oxygen atoms in total. The lowest BCUT2D eigenvalue weighted by Gasteiger charge is -2.02. The highest BCUT2D eigenvalue weighted by atomic mass is 35.5. The van der Waals surface area contributed by atoms with E-state index in [9.17, 15) is 0 Å². The van der Waals surface area contributed by atoms with E-state index in [1.54, 1.807) is 0 Å². The van der Waals surface area contributed by atoms with E-state index in [4.69, 9.17) is 17.3 Å². The van der Waals surface area contributed by atoms with Crippen molar-refractivity contribution in [1.29, 1.82) is 0 Å². The average molecular weight is 195 g/mol. The highest BCUT2D eigenvalue weighted by Crippen LogP contribution is 2.24. The zero-order chi connectivity index (χ0) is 9.42. The normalized spacial score (nSPS) is 11.0. The van der Waals surface area contributed by atoms with Gasteiger partial charge in [0.2, 0.25) is 0 Å². The molecule has 0 radical (unpaired) electrons. The van der Waals surface area contributed by atoms with Crippen LogP contribution in [0.5, 0.6) is 0 Å². The Morgan fingerprint density at radius 3 is 2.92 bits per heavy atom. The lowest BCUT2D eigenvalue weighted by atomic mass is 10.1. The van der Waals surface area contributed by atoms with Crippen LogP contribution in [-0.2, 0) is 13.6 Å². The molecule has 3 heteroatoms. The zero-order valence-corrected chi connectivity index (χ0v) is 8.17. The second-order valence-corrected chi connectivity index (χ2v) is 3.56. The molecule has 0 saturated heterocycles. The molecule has 0 fully saturated rings. The summed E-state index contributed by atoms with van der Waals surface area (Å²) in [7, 11) is 2.00. The second-order valence-electron chi connectivity index (χ2n) is 3.13. The first-order valence-electron chi connectivity index (χ1n) is 4.16. The van der Waals surface area contributed by atoms with E-state index in [1.165, 1.54) is 5.39 Å². The highest BCUT2D eigenvalue weighted by Gasteiger charge is 2.04. The summed E-state index contributed by atoms with van der Waals surface area (Å²) >= 11 is 5.96. The smallest absolute Gasteiger partial charge is 0.0495 e. The molecule has 0 bridgehead atoms. The summed E-state index contributed by atoms with van der Waals surface area (Å²) in [6.45, 7) is 0.529. The van der Waals surface area contributed by atoms with Crippen molar-refractivity contribution in [2.75, 3.05) is 0 Å². The minimum absolute atomic E-state index is 0.529. The third-order valence-electron chi connectivity index (χ3n) is 2.27. The van der Waals surface area contributed by atoms with Crippen LogP contribution in [0.15, 0.2) is 24.4 Å². The SMILES string of the molecule is Cn1ccc2c(CN)cc(Cl)cc21. The fourth-order valence-corrected chi connectivity index (χ4v) is 1.81. The van der Waals surface area contributed by atoms with Gasteiger partial charge in [0.15, 0.2) is 0 Å². The van der Waals surface area contributed by atoms with Crippen LogP contribution in [0.4, 0.5) is 0 Å². The van der Waals surface area contributed by atoms with Gasteiger partial charge in [0.25, 0.3) is 0 Å². The Morgan fingerprint density at radius 2 is 2.23 bits per heavy atom. The minimum atomic E-state index is 0.529. The largest absolute Gasteiger partial charge is 0.350 e. The zero-order valence-electron chi connectivity index (χ0n) is 7.42. The van der Waals surface area contributed by atoms with Crippen molar-refractivity contribution in [3.63, 3.8) is 0 Å². The number of hydrogen-bond acceptors (Lipinski definition) is 1. The van der Waals surface area contributed by atoms with E-state index in [1.807, 2.05) is 29.9 Å². The fraction of sp³-hybridized carbons (Fsp3) is 0.200. The van der Waals surface area contributed by atoms with Gasteiger partial charge in [-0.05, 0) is 23.8 Å². The molecular formula is C10H11ClN2. The maximum Gasteiger partial charge on any atom is 0.0495 e. The van der Waals surface area contributed by atoms with Gasteiger partial charge in [-0.25, -0.2) is 0 Å². The van der Waals surface area contributed by atoms with Crippen molar-refractivity contribution in [2.45, 2.75) is 6.54 Å². The molecule has 2 N–H and O–H groups in total. The molecule has 0 spiro atoms. The van der Waals surface area contributed by atoms with Gasteiger partial charge < -0.3 is 10.3 Å². The Bertz CT molecular complexity index is 445. The van der Waals surface area contributed by atoms with Crippen LogP contribution in [-0.4, -0.2) is 4.57 Å². The van der Waals surface area contributed by atoms with E-state index >= 15 is 0 Å². The van der Waals surface area contributed by atoms with Crippen LogP contribution < -0.4 is 5.73 Å². The standard InChI is InChI=1S/C10H11ClN2/c1-13-3-2-9-7(6-12)4-8(11)5-10(9)13/h2-5H,6,12H2,1H3. The lowest BCUT2D eigenvalue weighted by Crippen LogP contribution is -1.97. The van der Waals surface area contributed by atoms with Gasteiger partial charge in [0.05, 0.1) is 0 Å². The number of aromatic nitrogens is 1. The summed E-state index contributed by atoms with van der Waals surface area (Å²) in [6.07, 6.45) is 2.01. The highest BCUT2D eigenvalue weighted by molar-refractivity contribution is 6.31. The summed E-state index contributed by atoms with van der Waals surface area (Å²) in [5.74, 6) is 0. The third-order valence-corrected chi connectivity index (χ3v) is 2.49. The first-order valence-corrected chi connectivity index (χ1v) is 4.53. The summed E-state index contributed by atoms with van der Waals surface area (Å²) in [5, 5.41) is 1.93. The van der Waals surface area contributed by atoms with Crippen LogP contribution in [0.1, 0.15) is 5.56 Å². The van der Waals surface area contributed by atoms with Gasteiger partial charge in [0, 0.05) is 35.7 Å². The minimum Gasteiger partial charge on any atom is -0.350 e. The molecule has 1 aromatic carbocycles. The molecule has 0 aliphatic rings. The van der Waals surface area contributed by atoms with E-state index < -0.39 is 0 Å². The number of nitrogens with zero attached hydrogens (tertiary/aromatic N) is 1. The van der Waals surface area contributed by atoms with Crippen LogP contribution >= 0.6 is 11.6 Å². The number of fused-ring (bicyclic) bond motifs is 1. The Hall–Kier alpha value is -0.990. The summed E-state index contributed by atoms with van der Waals surface area (Å²) in [6, 6.07) is 5.94. The average Bonchev–Trinajstić information content (AvgIpc) is 2.47. The number of aryl methyl sites for hydroxylation is 1. The van der Waals surface area contributed by atoms with Gasteiger partial charge in [0.1, 0.15) is 0 Å². The van der Waals surface area contributed by atoms with E-state index in [0.29, 0.717) is 6.54 Å². The van der Waals surface area contributed by atoms with Crippen LogP contribution in [0.2, 0.25) is 5.02 Å². The molecule has 1 heterocycles. The fourth-order valence-electron chi connectivity index (χ4n) is 1.58. The molecular weight excluding hydrogens is 184 g/mol. The Morgan fingerprint density at radius 1 is 1.46 bits per heavy atom. The van der Waals surface area contributed by atoms with Crippen molar-refractivity contribution in [3.05, 3.63) is 35.0 Å². The molecule has 2 aromatic rings. The topological polar surface area (TPSA) is 30.9 Å². The maximum atomic E-state index is 5.96. The number of benzene rings is 1. The molecule has 13 heavy (non-hydrogen) atoms. The van der Waals surface area contributed by atoms with Crippen LogP contribution in [0.25, 0.3) is 10.9 Å². The number of nitrogens with two attached hydrogens (primary N) is 1. The second kappa shape index (κ2) is 3.05. The Labute approximate surface area is 81.9 Å². The number of rotatable bonds is 1. The van der Waals surface area contributed by atoms with Crippen LogP contribution in [0, 0.1) is 0 Å². The molecule has 0 aliphatic heterocycles. The van der Waals surface area contributed by atoms with Crippen LogP contribution in [0.3, 0.4) is 0 Å². The molecule has 68 valence electrons. The van der Waals surface area contributed by atoms with E-state index in [2.05, 4.69) is 6.07 Å². The van der Waals surface area contributed by atoms with Crippen molar-refractivity contribution in [1.82, 2.24) is 4.57 Å². The van der Waals surface area contributed by atoms with Gasteiger partial charge in [-0.15, -0.1) is 0 Å². The molecule has 0 saturated carbocycles.